The molecular weight excluding hydrogens is 406 g/mol. The Labute approximate surface area is 187 Å². The fourth-order valence-corrected chi connectivity index (χ4v) is 4.36. The highest BCUT2D eigenvalue weighted by molar-refractivity contribution is 6.01. The summed E-state index contributed by atoms with van der Waals surface area (Å²) in [4.78, 5) is 15.2. The molecule has 166 valence electrons. The van der Waals surface area contributed by atoms with Crippen LogP contribution in [-0.2, 0) is 11.3 Å². The van der Waals surface area contributed by atoms with Crippen LogP contribution in [0.15, 0.2) is 53.1 Å². The van der Waals surface area contributed by atoms with E-state index in [0.717, 1.165) is 53.5 Å². The van der Waals surface area contributed by atoms with Gasteiger partial charge in [-0.25, -0.2) is 0 Å². The van der Waals surface area contributed by atoms with Gasteiger partial charge in [0.25, 0.3) is 5.91 Å². The Balaban J connectivity index is 1.36. The molecule has 5 rings (SSSR count). The van der Waals surface area contributed by atoms with Crippen molar-refractivity contribution in [1.29, 1.82) is 0 Å². The molecule has 1 amide bonds. The zero-order chi connectivity index (χ0) is 22.1. The van der Waals surface area contributed by atoms with Crippen molar-refractivity contribution in [3.05, 3.63) is 76.7 Å². The second kappa shape index (κ2) is 8.67. The summed E-state index contributed by atoms with van der Waals surface area (Å²) in [5.74, 6) is 1.55. The zero-order valence-corrected chi connectivity index (χ0v) is 18.3. The van der Waals surface area contributed by atoms with Gasteiger partial charge in [0.15, 0.2) is 0 Å². The van der Waals surface area contributed by atoms with Crippen LogP contribution in [0.4, 0.5) is 5.69 Å². The van der Waals surface area contributed by atoms with E-state index >= 15 is 0 Å². The molecule has 0 aliphatic carbocycles. The van der Waals surface area contributed by atoms with Gasteiger partial charge in [-0.05, 0) is 56.5 Å². The Morgan fingerprint density at radius 2 is 1.97 bits per heavy atom. The molecule has 1 fully saturated rings. The summed E-state index contributed by atoms with van der Waals surface area (Å²) < 4.78 is 17.0. The Hall–Kier alpha value is -3.32. The largest absolute Gasteiger partial charge is 0.489 e. The van der Waals surface area contributed by atoms with Gasteiger partial charge >= 0.3 is 0 Å². The molecule has 3 heterocycles. The summed E-state index contributed by atoms with van der Waals surface area (Å²) in [6.07, 6.45) is 1.83. The first-order chi connectivity index (χ1) is 15.6. The summed E-state index contributed by atoms with van der Waals surface area (Å²) in [6, 6.07) is 15.5. The van der Waals surface area contributed by atoms with Crippen molar-refractivity contribution >= 4 is 11.6 Å². The third-order valence-electron chi connectivity index (χ3n) is 6.21. The predicted octanol–water partition coefficient (Wildman–Crippen LogP) is 4.62. The van der Waals surface area contributed by atoms with Gasteiger partial charge in [0.05, 0.1) is 22.9 Å². The number of anilines is 1. The van der Waals surface area contributed by atoms with Crippen LogP contribution in [0, 0.1) is 13.8 Å². The Morgan fingerprint density at radius 1 is 1.16 bits per heavy atom. The molecule has 1 saturated heterocycles. The molecule has 0 unspecified atom stereocenters. The molecule has 0 saturated carbocycles. The van der Waals surface area contributed by atoms with Gasteiger partial charge in [-0.15, -0.1) is 0 Å². The lowest BCUT2D eigenvalue weighted by atomic mass is 10.0. The van der Waals surface area contributed by atoms with E-state index in [9.17, 15) is 4.79 Å². The van der Waals surface area contributed by atoms with Gasteiger partial charge in [-0.1, -0.05) is 29.4 Å². The van der Waals surface area contributed by atoms with Crippen molar-refractivity contribution in [2.24, 2.45) is 0 Å². The number of carbonyl (C=O) groups is 1. The number of hydrogen-bond acceptors (Lipinski definition) is 6. The number of nitrogens with one attached hydrogen (secondary N) is 1. The number of nitrogens with zero attached hydrogens (tertiary/aromatic N) is 2. The minimum atomic E-state index is -0.266. The number of aryl methyl sites for hydroxylation is 2. The highest BCUT2D eigenvalue weighted by Crippen LogP contribution is 2.34. The molecule has 0 spiro atoms. The highest BCUT2D eigenvalue weighted by Gasteiger charge is 2.35. The number of hydrogen-bond donors (Lipinski definition) is 1. The van der Waals surface area contributed by atoms with Gasteiger partial charge in [0.2, 0.25) is 0 Å². The number of amides is 1. The zero-order valence-electron chi connectivity index (χ0n) is 18.3. The van der Waals surface area contributed by atoms with Crippen LogP contribution < -0.4 is 10.1 Å². The normalized spacial score (nSPS) is 20.2. The molecule has 0 bridgehead atoms. The number of carbonyl (C=O) groups excluding carboxylic acids is 1. The lowest BCUT2D eigenvalue weighted by Gasteiger charge is -2.39. The van der Waals surface area contributed by atoms with E-state index in [4.69, 9.17) is 14.0 Å². The number of aromatic nitrogens is 1. The quantitative estimate of drug-likeness (QED) is 0.612. The first-order valence-corrected chi connectivity index (χ1v) is 11.0. The minimum absolute atomic E-state index is 0.0265. The summed E-state index contributed by atoms with van der Waals surface area (Å²) in [5.41, 5.74) is 4.35. The van der Waals surface area contributed by atoms with E-state index < -0.39 is 0 Å². The molecule has 32 heavy (non-hydrogen) atoms. The van der Waals surface area contributed by atoms with Crippen molar-refractivity contribution in [1.82, 2.24) is 10.1 Å². The lowest BCUT2D eigenvalue weighted by Crippen LogP contribution is -2.46. The van der Waals surface area contributed by atoms with Gasteiger partial charge < -0.3 is 24.2 Å². The van der Waals surface area contributed by atoms with Gasteiger partial charge in [0, 0.05) is 18.8 Å². The van der Waals surface area contributed by atoms with Crippen molar-refractivity contribution < 1.29 is 18.8 Å². The third-order valence-corrected chi connectivity index (χ3v) is 6.21. The Bertz CT molecular complexity index is 1080. The van der Waals surface area contributed by atoms with Gasteiger partial charge in [-0.2, -0.15) is 0 Å². The SMILES string of the molecule is Cc1noc(C)c1COc1ccc([C@H]2Nc3ccccc3C(=O)N2C[C@@H]2CCCO2)cc1. The molecular formula is C25H27N3O4. The highest BCUT2D eigenvalue weighted by atomic mass is 16.5. The van der Waals surface area contributed by atoms with Crippen LogP contribution in [0.1, 0.15) is 51.9 Å². The molecule has 7 nitrogen and oxygen atoms in total. The number of benzene rings is 2. The van der Waals surface area contributed by atoms with Crippen LogP contribution in [0.3, 0.4) is 0 Å². The number of fused-ring (bicyclic) bond motifs is 1. The van der Waals surface area contributed by atoms with Crippen LogP contribution in [-0.4, -0.2) is 35.2 Å². The predicted molar refractivity (Wildman–Crippen MR) is 120 cm³/mol. The van der Waals surface area contributed by atoms with E-state index in [2.05, 4.69) is 10.5 Å². The number of ether oxygens (including phenoxy) is 2. The molecule has 2 aliphatic heterocycles. The topological polar surface area (TPSA) is 76.8 Å². The van der Waals surface area contributed by atoms with Crippen molar-refractivity contribution in [2.75, 3.05) is 18.5 Å². The van der Waals surface area contributed by atoms with Crippen molar-refractivity contribution in [3.8, 4) is 5.75 Å². The maximum atomic E-state index is 13.3. The molecule has 0 radical (unpaired) electrons. The molecule has 1 aromatic heterocycles. The van der Waals surface area contributed by atoms with Crippen LogP contribution >= 0.6 is 0 Å². The molecule has 7 heteroatoms. The number of para-hydroxylation sites is 1. The molecule has 3 aromatic rings. The smallest absolute Gasteiger partial charge is 0.257 e. The van der Waals surface area contributed by atoms with E-state index in [1.807, 2.05) is 67.3 Å². The van der Waals surface area contributed by atoms with E-state index in [0.29, 0.717) is 18.7 Å². The lowest BCUT2D eigenvalue weighted by molar-refractivity contribution is 0.0427. The van der Waals surface area contributed by atoms with Crippen LogP contribution in [0.25, 0.3) is 0 Å². The van der Waals surface area contributed by atoms with Crippen LogP contribution in [0.2, 0.25) is 0 Å². The standard InChI is InChI=1S/C25H27N3O4/c1-16-22(17(2)32-27-16)15-31-19-11-9-18(10-12-19)24-26-23-8-4-3-7-21(23)25(29)28(24)14-20-6-5-13-30-20/h3-4,7-12,20,24,26H,5-6,13-15H2,1-2H3/t20-,24-/m0/s1. The summed E-state index contributed by atoms with van der Waals surface area (Å²) in [6.45, 7) is 5.52. The molecule has 2 atom stereocenters. The monoisotopic (exact) mass is 433 g/mol. The fraction of sp³-hybridized carbons (Fsp3) is 0.360. The second-order valence-electron chi connectivity index (χ2n) is 8.35. The molecule has 2 aliphatic rings. The fourth-order valence-electron chi connectivity index (χ4n) is 4.36. The molecule has 1 N–H and O–H groups in total. The Kier molecular flexibility index (Phi) is 5.57. The summed E-state index contributed by atoms with van der Waals surface area (Å²) in [7, 11) is 0. The second-order valence-corrected chi connectivity index (χ2v) is 8.35. The Morgan fingerprint density at radius 3 is 2.69 bits per heavy atom. The average molecular weight is 434 g/mol. The van der Waals surface area contributed by atoms with Gasteiger partial charge in [0.1, 0.15) is 24.3 Å². The maximum Gasteiger partial charge on any atom is 0.257 e. The molecule has 2 aromatic carbocycles. The minimum Gasteiger partial charge on any atom is -0.489 e. The third kappa shape index (κ3) is 3.96. The van der Waals surface area contributed by atoms with E-state index in [1.54, 1.807) is 0 Å². The van der Waals surface area contributed by atoms with Crippen LogP contribution in [0.5, 0.6) is 5.75 Å². The maximum absolute atomic E-state index is 13.3. The van der Waals surface area contributed by atoms with E-state index in [1.165, 1.54) is 0 Å². The average Bonchev–Trinajstić information content (AvgIpc) is 3.44. The van der Waals surface area contributed by atoms with Crippen molar-refractivity contribution in [2.45, 2.75) is 45.6 Å². The summed E-state index contributed by atoms with van der Waals surface area (Å²) in [5, 5.41) is 7.51. The van der Waals surface area contributed by atoms with E-state index in [-0.39, 0.29) is 18.2 Å². The number of rotatable bonds is 6. The first-order valence-electron chi connectivity index (χ1n) is 11.0. The summed E-state index contributed by atoms with van der Waals surface area (Å²) >= 11 is 0. The van der Waals surface area contributed by atoms with Crippen molar-refractivity contribution in [3.63, 3.8) is 0 Å². The van der Waals surface area contributed by atoms with Gasteiger partial charge in [-0.3, -0.25) is 4.79 Å². The first kappa shape index (κ1) is 20.6.